The molecule has 0 spiro atoms. The smallest absolute Gasteiger partial charge is 0.411 e. The quantitative estimate of drug-likeness (QED) is 0.790. The van der Waals surface area contributed by atoms with Gasteiger partial charge in [0.1, 0.15) is 13.2 Å². The Morgan fingerprint density at radius 1 is 1.53 bits per heavy atom. The van der Waals surface area contributed by atoms with E-state index < -0.39 is 25.3 Å². The average Bonchev–Trinajstić information content (AvgIpc) is 2.63. The lowest BCUT2D eigenvalue weighted by molar-refractivity contribution is -0.174. The number of rotatable bonds is 5. The van der Waals surface area contributed by atoms with E-state index in [2.05, 4.69) is 30.0 Å². The maximum Gasteiger partial charge on any atom is 0.411 e. The Morgan fingerprint density at radius 3 is 2.76 bits per heavy atom. The number of amides is 1. The molecule has 0 aliphatic heterocycles. The van der Waals surface area contributed by atoms with Crippen LogP contribution in [0, 0.1) is 0 Å². The molecule has 0 bridgehead atoms. The molecule has 0 aliphatic carbocycles. The Morgan fingerprint density at radius 2 is 2.24 bits per heavy atom. The van der Waals surface area contributed by atoms with Crippen LogP contribution in [0.5, 0.6) is 6.01 Å². The van der Waals surface area contributed by atoms with E-state index >= 15 is 0 Å². The van der Waals surface area contributed by atoms with Crippen molar-refractivity contribution in [1.82, 2.24) is 15.2 Å². The minimum atomic E-state index is -4.46. The first-order valence-electron chi connectivity index (χ1n) is 4.31. The summed E-state index contributed by atoms with van der Waals surface area (Å²) in [5.74, 6) is -0.824. The zero-order valence-corrected chi connectivity index (χ0v) is 8.67. The Hall–Kier alpha value is -1.84. The standard InChI is InChI=1S/C7H9F3N4O3/c1-16-6-12-5(13-14-6)11-4(15)2-17-3-7(8,9)10/h2-3H2,1H3,(H2,11,12,13,14,15). The lowest BCUT2D eigenvalue weighted by Gasteiger charge is -2.06. The van der Waals surface area contributed by atoms with Crippen molar-refractivity contribution in [3.8, 4) is 6.01 Å². The van der Waals surface area contributed by atoms with E-state index in [0.29, 0.717) is 0 Å². The number of methoxy groups -OCH3 is 1. The molecule has 1 heterocycles. The molecule has 1 amide bonds. The van der Waals surface area contributed by atoms with Crippen molar-refractivity contribution in [2.45, 2.75) is 6.18 Å². The topological polar surface area (TPSA) is 89.1 Å². The number of alkyl halides is 3. The molecule has 17 heavy (non-hydrogen) atoms. The fraction of sp³-hybridized carbons (Fsp3) is 0.571. The Balaban J connectivity index is 2.30. The van der Waals surface area contributed by atoms with Crippen molar-refractivity contribution < 1.29 is 27.4 Å². The fourth-order valence-corrected chi connectivity index (χ4v) is 0.821. The normalized spacial score (nSPS) is 11.3. The summed E-state index contributed by atoms with van der Waals surface area (Å²) in [6, 6.07) is -0.00323. The molecule has 10 heteroatoms. The van der Waals surface area contributed by atoms with Crippen LogP contribution in [0.3, 0.4) is 0 Å². The third-order valence-corrected chi connectivity index (χ3v) is 1.40. The van der Waals surface area contributed by atoms with Gasteiger partial charge in [-0.2, -0.15) is 18.2 Å². The van der Waals surface area contributed by atoms with Gasteiger partial charge in [-0.3, -0.25) is 10.1 Å². The van der Waals surface area contributed by atoms with Gasteiger partial charge in [0, 0.05) is 0 Å². The number of ether oxygens (including phenoxy) is 2. The summed E-state index contributed by atoms with van der Waals surface area (Å²) in [5, 5.41) is 7.95. The summed E-state index contributed by atoms with van der Waals surface area (Å²) in [4.78, 5) is 14.7. The van der Waals surface area contributed by atoms with Crippen LogP contribution < -0.4 is 10.1 Å². The Labute approximate surface area is 93.3 Å². The third kappa shape index (κ3) is 5.15. The molecule has 0 radical (unpaired) electrons. The van der Waals surface area contributed by atoms with Gasteiger partial charge >= 0.3 is 12.2 Å². The fourth-order valence-electron chi connectivity index (χ4n) is 0.821. The number of halogens is 3. The van der Waals surface area contributed by atoms with Crippen molar-refractivity contribution >= 4 is 11.9 Å². The van der Waals surface area contributed by atoms with Gasteiger partial charge < -0.3 is 9.47 Å². The van der Waals surface area contributed by atoms with Crippen LogP contribution in [-0.2, 0) is 9.53 Å². The van der Waals surface area contributed by atoms with E-state index in [-0.39, 0.29) is 12.0 Å². The number of H-pyrrole nitrogens is 1. The number of hydrogen-bond donors (Lipinski definition) is 2. The van der Waals surface area contributed by atoms with Crippen molar-refractivity contribution in [2.24, 2.45) is 0 Å². The van der Waals surface area contributed by atoms with Gasteiger partial charge in [0.2, 0.25) is 5.95 Å². The highest BCUT2D eigenvalue weighted by molar-refractivity contribution is 5.89. The molecule has 0 fully saturated rings. The number of hydrogen-bond acceptors (Lipinski definition) is 5. The molecule has 1 aromatic rings. The summed E-state index contributed by atoms with van der Waals surface area (Å²) in [6.07, 6.45) is -4.46. The third-order valence-electron chi connectivity index (χ3n) is 1.40. The van der Waals surface area contributed by atoms with Gasteiger partial charge in [0.25, 0.3) is 5.91 Å². The van der Waals surface area contributed by atoms with Crippen LogP contribution in [0.4, 0.5) is 19.1 Å². The first-order chi connectivity index (χ1) is 7.90. The molecule has 0 aliphatic rings. The second-order valence-electron chi connectivity index (χ2n) is 2.83. The first-order valence-corrected chi connectivity index (χ1v) is 4.31. The SMILES string of the molecule is COc1n[nH]c(NC(=O)COCC(F)(F)F)n1. The minimum absolute atomic E-state index is 0.00323. The molecule has 7 nitrogen and oxygen atoms in total. The van der Waals surface area contributed by atoms with E-state index in [9.17, 15) is 18.0 Å². The lowest BCUT2D eigenvalue weighted by Crippen LogP contribution is -2.24. The second kappa shape index (κ2) is 5.48. The summed E-state index contributed by atoms with van der Waals surface area (Å²) in [7, 11) is 1.32. The molecule has 0 saturated carbocycles. The minimum Gasteiger partial charge on any atom is -0.466 e. The van der Waals surface area contributed by atoms with Gasteiger partial charge in [-0.05, 0) is 0 Å². The molecule has 0 saturated heterocycles. The monoisotopic (exact) mass is 254 g/mol. The predicted octanol–water partition coefficient (Wildman–Crippen LogP) is 0.331. The molecule has 2 N–H and O–H groups in total. The molecule has 0 unspecified atom stereocenters. The van der Waals surface area contributed by atoms with E-state index in [1.807, 2.05) is 0 Å². The van der Waals surface area contributed by atoms with Gasteiger partial charge in [0.15, 0.2) is 0 Å². The van der Waals surface area contributed by atoms with Crippen LogP contribution in [0.15, 0.2) is 0 Å². The zero-order valence-electron chi connectivity index (χ0n) is 8.67. The summed E-state index contributed by atoms with van der Waals surface area (Å²) < 4.78 is 43.8. The van der Waals surface area contributed by atoms with E-state index in [1.165, 1.54) is 7.11 Å². The maximum atomic E-state index is 11.7. The van der Waals surface area contributed by atoms with Crippen molar-refractivity contribution in [3.63, 3.8) is 0 Å². The first kappa shape index (κ1) is 13.2. The van der Waals surface area contributed by atoms with Crippen molar-refractivity contribution in [2.75, 3.05) is 25.6 Å². The summed E-state index contributed by atoms with van der Waals surface area (Å²) >= 11 is 0. The molecule has 96 valence electrons. The second-order valence-corrected chi connectivity index (χ2v) is 2.83. The number of aromatic amines is 1. The molecule has 1 rings (SSSR count). The van der Waals surface area contributed by atoms with Crippen LogP contribution in [0.2, 0.25) is 0 Å². The lowest BCUT2D eigenvalue weighted by atomic mass is 10.6. The van der Waals surface area contributed by atoms with Crippen LogP contribution in [0.25, 0.3) is 0 Å². The maximum absolute atomic E-state index is 11.7. The van der Waals surface area contributed by atoms with E-state index in [1.54, 1.807) is 0 Å². The number of aromatic nitrogens is 3. The molecule has 0 aromatic carbocycles. The van der Waals surface area contributed by atoms with Gasteiger partial charge in [-0.15, -0.1) is 5.10 Å². The highest BCUT2D eigenvalue weighted by Gasteiger charge is 2.27. The number of carbonyl (C=O) groups is 1. The largest absolute Gasteiger partial charge is 0.466 e. The van der Waals surface area contributed by atoms with E-state index in [4.69, 9.17) is 0 Å². The molecular weight excluding hydrogens is 245 g/mol. The number of carbonyl (C=O) groups excluding carboxylic acids is 1. The van der Waals surface area contributed by atoms with Crippen LogP contribution in [-0.4, -0.2) is 47.6 Å². The number of nitrogens with one attached hydrogen (secondary N) is 2. The zero-order chi connectivity index (χ0) is 12.9. The average molecular weight is 254 g/mol. The van der Waals surface area contributed by atoms with Gasteiger partial charge in [-0.25, -0.2) is 5.10 Å². The number of anilines is 1. The molecule has 0 atom stereocenters. The number of nitrogens with zero attached hydrogens (tertiary/aromatic N) is 2. The highest BCUT2D eigenvalue weighted by atomic mass is 19.4. The van der Waals surface area contributed by atoms with Crippen molar-refractivity contribution in [3.05, 3.63) is 0 Å². The Kier molecular flexibility index (Phi) is 4.26. The summed E-state index contributed by atoms with van der Waals surface area (Å²) in [5.41, 5.74) is 0. The van der Waals surface area contributed by atoms with Gasteiger partial charge in [0.05, 0.1) is 7.11 Å². The van der Waals surface area contributed by atoms with Crippen molar-refractivity contribution in [1.29, 1.82) is 0 Å². The van der Waals surface area contributed by atoms with Gasteiger partial charge in [-0.1, -0.05) is 0 Å². The van der Waals surface area contributed by atoms with Crippen LogP contribution in [0.1, 0.15) is 0 Å². The Bertz CT molecular complexity index is 379. The highest BCUT2D eigenvalue weighted by Crippen LogP contribution is 2.14. The van der Waals surface area contributed by atoms with E-state index in [0.717, 1.165) is 0 Å². The predicted molar refractivity (Wildman–Crippen MR) is 48.4 cm³/mol. The van der Waals surface area contributed by atoms with Crippen LogP contribution >= 0.6 is 0 Å². The summed E-state index contributed by atoms with van der Waals surface area (Å²) in [6.45, 7) is -2.22. The molecular formula is C7H9F3N4O3. The molecule has 1 aromatic heterocycles.